The van der Waals surface area contributed by atoms with E-state index in [4.69, 9.17) is 0 Å². The SMILES string of the molecule is Cc1ccc(C)c(CC2CC(C)CCC2C(=O)O)c1. The molecule has 0 radical (unpaired) electrons. The number of hydrogen-bond acceptors (Lipinski definition) is 1. The third-order valence-corrected chi connectivity index (χ3v) is 4.55. The lowest BCUT2D eigenvalue weighted by Crippen LogP contribution is -2.31. The summed E-state index contributed by atoms with van der Waals surface area (Å²) in [5.41, 5.74) is 3.87. The highest BCUT2D eigenvalue weighted by Crippen LogP contribution is 2.36. The summed E-state index contributed by atoms with van der Waals surface area (Å²) in [4.78, 5) is 11.4. The zero-order valence-electron chi connectivity index (χ0n) is 12.1. The van der Waals surface area contributed by atoms with Crippen molar-refractivity contribution in [2.45, 2.75) is 46.5 Å². The van der Waals surface area contributed by atoms with Gasteiger partial charge in [-0.3, -0.25) is 4.79 Å². The number of aryl methyl sites for hydroxylation is 2. The first-order chi connectivity index (χ1) is 8.97. The van der Waals surface area contributed by atoms with E-state index in [1.807, 2.05) is 0 Å². The Hall–Kier alpha value is -1.31. The second kappa shape index (κ2) is 5.77. The van der Waals surface area contributed by atoms with Crippen LogP contribution < -0.4 is 0 Å². The highest BCUT2D eigenvalue weighted by molar-refractivity contribution is 5.70. The predicted octanol–water partition coefficient (Wildman–Crippen LogP) is 3.98. The van der Waals surface area contributed by atoms with Crippen LogP contribution in [0.1, 0.15) is 42.9 Å². The minimum Gasteiger partial charge on any atom is -0.481 e. The van der Waals surface area contributed by atoms with Crippen LogP contribution in [0.3, 0.4) is 0 Å². The van der Waals surface area contributed by atoms with Crippen LogP contribution in [-0.4, -0.2) is 11.1 Å². The van der Waals surface area contributed by atoms with Crippen LogP contribution in [0.4, 0.5) is 0 Å². The number of carboxylic acid groups (broad SMARTS) is 1. The molecule has 2 nitrogen and oxygen atoms in total. The lowest BCUT2D eigenvalue weighted by molar-refractivity contribution is -0.145. The molecular weight excluding hydrogens is 236 g/mol. The van der Waals surface area contributed by atoms with E-state index in [-0.39, 0.29) is 5.92 Å². The first-order valence-electron chi connectivity index (χ1n) is 7.26. The van der Waals surface area contributed by atoms with Crippen LogP contribution >= 0.6 is 0 Å². The third kappa shape index (κ3) is 3.37. The van der Waals surface area contributed by atoms with Crippen LogP contribution in [0, 0.1) is 31.6 Å². The highest BCUT2D eigenvalue weighted by Gasteiger charge is 2.33. The van der Waals surface area contributed by atoms with Gasteiger partial charge in [-0.25, -0.2) is 0 Å². The van der Waals surface area contributed by atoms with Crippen molar-refractivity contribution in [2.24, 2.45) is 17.8 Å². The Morgan fingerprint density at radius 2 is 2.05 bits per heavy atom. The zero-order chi connectivity index (χ0) is 14.0. The van der Waals surface area contributed by atoms with Crippen molar-refractivity contribution < 1.29 is 9.90 Å². The molecule has 0 heterocycles. The fourth-order valence-corrected chi connectivity index (χ4v) is 3.35. The van der Waals surface area contributed by atoms with Crippen molar-refractivity contribution in [3.63, 3.8) is 0 Å². The van der Waals surface area contributed by atoms with Gasteiger partial charge in [-0.2, -0.15) is 0 Å². The van der Waals surface area contributed by atoms with Gasteiger partial charge in [0.15, 0.2) is 0 Å². The maximum Gasteiger partial charge on any atom is 0.306 e. The molecule has 0 amide bonds. The van der Waals surface area contributed by atoms with Gasteiger partial charge in [0.25, 0.3) is 0 Å². The molecule has 104 valence electrons. The molecule has 1 aliphatic rings. The van der Waals surface area contributed by atoms with Crippen LogP contribution in [0.15, 0.2) is 18.2 Å². The minimum absolute atomic E-state index is 0.156. The maximum atomic E-state index is 11.4. The van der Waals surface area contributed by atoms with Gasteiger partial charge in [-0.1, -0.05) is 30.7 Å². The highest BCUT2D eigenvalue weighted by atomic mass is 16.4. The average Bonchev–Trinajstić information content (AvgIpc) is 2.33. The molecule has 3 atom stereocenters. The van der Waals surface area contributed by atoms with E-state index < -0.39 is 5.97 Å². The molecular formula is C17H24O2. The van der Waals surface area contributed by atoms with E-state index in [2.05, 4.69) is 39.0 Å². The van der Waals surface area contributed by atoms with Gasteiger partial charge in [0.1, 0.15) is 0 Å². The second-order valence-corrected chi connectivity index (χ2v) is 6.26. The van der Waals surface area contributed by atoms with E-state index in [0.717, 1.165) is 25.7 Å². The van der Waals surface area contributed by atoms with Gasteiger partial charge in [-0.05, 0) is 62.5 Å². The van der Waals surface area contributed by atoms with Gasteiger partial charge in [0, 0.05) is 0 Å². The number of carbonyl (C=O) groups is 1. The Kier molecular flexibility index (Phi) is 4.28. The number of aliphatic carboxylic acids is 1. The fourth-order valence-electron chi connectivity index (χ4n) is 3.35. The molecule has 1 N–H and O–H groups in total. The lowest BCUT2D eigenvalue weighted by atomic mass is 9.72. The van der Waals surface area contributed by atoms with Crippen molar-refractivity contribution in [3.8, 4) is 0 Å². The van der Waals surface area contributed by atoms with Crippen molar-refractivity contribution in [2.75, 3.05) is 0 Å². The molecule has 0 aromatic heterocycles. The molecule has 2 heteroatoms. The predicted molar refractivity (Wildman–Crippen MR) is 77.3 cm³/mol. The number of hydrogen-bond donors (Lipinski definition) is 1. The maximum absolute atomic E-state index is 11.4. The molecule has 0 spiro atoms. The summed E-state index contributed by atoms with van der Waals surface area (Å²) in [6.45, 7) is 6.46. The molecule has 3 unspecified atom stereocenters. The van der Waals surface area contributed by atoms with E-state index in [1.54, 1.807) is 0 Å². The van der Waals surface area contributed by atoms with Crippen molar-refractivity contribution in [1.82, 2.24) is 0 Å². The van der Waals surface area contributed by atoms with Crippen molar-refractivity contribution in [1.29, 1.82) is 0 Å². The lowest BCUT2D eigenvalue weighted by Gasteiger charge is -2.32. The summed E-state index contributed by atoms with van der Waals surface area (Å²) in [6.07, 6.45) is 3.85. The Balaban J connectivity index is 2.18. The Morgan fingerprint density at radius 1 is 1.32 bits per heavy atom. The molecule has 0 aliphatic heterocycles. The van der Waals surface area contributed by atoms with E-state index in [9.17, 15) is 9.90 Å². The number of carboxylic acids is 1. The first kappa shape index (κ1) is 14.1. The average molecular weight is 260 g/mol. The minimum atomic E-state index is -0.609. The van der Waals surface area contributed by atoms with Crippen molar-refractivity contribution >= 4 is 5.97 Å². The second-order valence-electron chi connectivity index (χ2n) is 6.26. The van der Waals surface area contributed by atoms with Crippen LogP contribution in [0.25, 0.3) is 0 Å². The number of rotatable bonds is 3. The molecule has 19 heavy (non-hydrogen) atoms. The van der Waals surface area contributed by atoms with Gasteiger partial charge in [0.2, 0.25) is 0 Å². The fraction of sp³-hybridized carbons (Fsp3) is 0.588. The zero-order valence-corrected chi connectivity index (χ0v) is 12.1. The molecule has 2 rings (SSSR count). The Morgan fingerprint density at radius 3 is 2.74 bits per heavy atom. The smallest absolute Gasteiger partial charge is 0.306 e. The molecule has 0 bridgehead atoms. The molecule has 1 fully saturated rings. The number of benzene rings is 1. The first-order valence-corrected chi connectivity index (χ1v) is 7.26. The normalized spacial score (nSPS) is 27.2. The monoisotopic (exact) mass is 260 g/mol. The van der Waals surface area contributed by atoms with Crippen molar-refractivity contribution in [3.05, 3.63) is 34.9 Å². The topological polar surface area (TPSA) is 37.3 Å². The summed E-state index contributed by atoms with van der Waals surface area (Å²) in [6, 6.07) is 6.48. The van der Waals surface area contributed by atoms with Gasteiger partial charge < -0.3 is 5.11 Å². The summed E-state index contributed by atoms with van der Waals surface area (Å²) < 4.78 is 0. The third-order valence-electron chi connectivity index (χ3n) is 4.55. The van der Waals surface area contributed by atoms with Crippen LogP contribution in [0.2, 0.25) is 0 Å². The van der Waals surface area contributed by atoms with Gasteiger partial charge in [0.05, 0.1) is 5.92 Å². The van der Waals surface area contributed by atoms with E-state index >= 15 is 0 Å². The molecule has 1 aromatic rings. The van der Waals surface area contributed by atoms with Crippen LogP contribution in [0.5, 0.6) is 0 Å². The van der Waals surface area contributed by atoms with Gasteiger partial charge in [-0.15, -0.1) is 0 Å². The Bertz CT molecular complexity index is 464. The molecule has 1 saturated carbocycles. The summed E-state index contributed by atoms with van der Waals surface area (Å²) >= 11 is 0. The summed E-state index contributed by atoms with van der Waals surface area (Å²) in [5.74, 6) is 0.186. The van der Waals surface area contributed by atoms with E-state index in [1.165, 1.54) is 16.7 Å². The molecule has 0 saturated heterocycles. The molecule has 1 aliphatic carbocycles. The standard InChI is InChI=1S/C17H24O2/c1-11-4-6-13(3)14(8-11)10-15-9-12(2)5-7-16(15)17(18)19/h4,6,8,12,15-16H,5,7,9-10H2,1-3H3,(H,18,19). The van der Waals surface area contributed by atoms with Crippen LogP contribution in [-0.2, 0) is 11.2 Å². The molecule has 1 aromatic carbocycles. The Labute approximate surface area is 115 Å². The summed E-state index contributed by atoms with van der Waals surface area (Å²) in [7, 11) is 0. The van der Waals surface area contributed by atoms with Gasteiger partial charge >= 0.3 is 5.97 Å². The largest absolute Gasteiger partial charge is 0.481 e. The van der Waals surface area contributed by atoms with E-state index in [0.29, 0.717) is 11.8 Å². The summed E-state index contributed by atoms with van der Waals surface area (Å²) in [5, 5.41) is 9.40. The quantitative estimate of drug-likeness (QED) is 0.892.